The molecule has 1 N–H and O–H groups in total. The minimum absolute atomic E-state index is 0.0982. The van der Waals surface area contributed by atoms with Crippen LogP contribution in [0.1, 0.15) is 12.0 Å². The van der Waals surface area contributed by atoms with Gasteiger partial charge in [-0.3, -0.25) is 4.79 Å². The van der Waals surface area contributed by atoms with Gasteiger partial charge >= 0.3 is 0 Å². The number of hydrogen-bond acceptors (Lipinski definition) is 3. The third-order valence-electron chi connectivity index (χ3n) is 4.50. The van der Waals surface area contributed by atoms with Crippen LogP contribution in [0.25, 0.3) is 0 Å². The second-order valence-corrected chi connectivity index (χ2v) is 6.27. The first-order valence-electron chi connectivity index (χ1n) is 8.44. The van der Waals surface area contributed by atoms with Crippen LogP contribution in [0.3, 0.4) is 0 Å². The molecule has 0 bridgehead atoms. The second-order valence-electron chi connectivity index (χ2n) is 6.27. The standard InChI is InChI=1S/C20H24N2O2/c1-24-19-9-5-8-18(13-19)22-11-10-17(15-22)14-21-20(23)12-16-6-3-2-4-7-16/h2-9,13,17H,10-12,14-15H2,1H3,(H,21,23). The van der Waals surface area contributed by atoms with Crippen molar-refractivity contribution in [1.82, 2.24) is 5.32 Å². The number of benzene rings is 2. The number of methoxy groups -OCH3 is 1. The summed E-state index contributed by atoms with van der Waals surface area (Å²) in [6, 6.07) is 18.0. The summed E-state index contributed by atoms with van der Waals surface area (Å²) in [5.41, 5.74) is 2.24. The summed E-state index contributed by atoms with van der Waals surface area (Å²) in [4.78, 5) is 14.4. The molecule has 126 valence electrons. The monoisotopic (exact) mass is 324 g/mol. The molecule has 24 heavy (non-hydrogen) atoms. The largest absolute Gasteiger partial charge is 0.497 e. The van der Waals surface area contributed by atoms with Gasteiger partial charge in [0.15, 0.2) is 0 Å². The van der Waals surface area contributed by atoms with Gasteiger partial charge < -0.3 is 15.0 Å². The molecular formula is C20H24N2O2. The molecule has 2 aromatic carbocycles. The van der Waals surface area contributed by atoms with Crippen molar-refractivity contribution in [3.63, 3.8) is 0 Å². The van der Waals surface area contributed by atoms with Crippen LogP contribution in [0.2, 0.25) is 0 Å². The third kappa shape index (κ3) is 4.28. The zero-order valence-electron chi connectivity index (χ0n) is 14.1. The van der Waals surface area contributed by atoms with Crippen molar-refractivity contribution in [1.29, 1.82) is 0 Å². The normalized spacial score (nSPS) is 16.9. The maximum Gasteiger partial charge on any atom is 0.224 e. The van der Waals surface area contributed by atoms with E-state index < -0.39 is 0 Å². The molecule has 1 saturated heterocycles. The Morgan fingerprint density at radius 1 is 1.21 bits per heavy atom. The van der Waals surface area contributed by atoms with Crippen molar-refractivity contribution in [3.8, 4) is 5.75 Å². The summed E-state index contributed by atoms with van der Waals surface area (Å²) >= 11 is 0. The topological polar surface area (TPSA) is 41.6 Å². The number of carbonyl (C=O) groups is 1. The minimum Gasteiger partial charge on any atom is -0.497 e. The molecule has 1 atom stereocenters. The van der Waals surface area contributed by atoms with Crippen LogP contribution >= 0.6 is 0 Å². The zero-order chi connectivity index (χ0) is 16.8. The predicted molar refractivity (Wildman–Crippen MR) is 96.5 cm³/mol. The van der Waals surface area contributed by atoms with Gasteiger partial charge in [-0.15, -0.1) is 0 Å². The van der Waals surface area contributed by atoms with Gasteiger partial charge in [-0.25, -0.2) is 0 Å². The van der Waals surface area contributed by atoms with Gasteiger partial charge in [-0.2, -0.15) is 0 Å². The third-order valence-corrected chi connectivity index (χ3v) is 4.50. The highest BCUT2D eigenvalue weighted by Crippen LogP contribution is 2.26. The molecule has 0 spiro atoms. The van der Waals surface area contributed by atoms with E-state index in [-0.39, 0.29) is 5.91 Å². The Bertz CT molecular complexity index is 672. The summed E-state index contributed by atoms with van der Waals surface area (Å²) in [6.45, 7) is 2.73. The lowest BCUT2D eigenvalue weighted by Gasteiger charge is -2.19. The summed E-state index contributed by atoms with van der Waals surface area (Å²) < 4.78 is 5.29. The van der Waals surface area contributed by atoms with Crippen LogP contribution < -0.4 is 15.0 Å². The Hall–Kier alpha value is -2.49. The van der Waals surface area contributed by atoms with E-state index in [1.165, 1.54) is 5.69 Å². The first-order valence-corrected chi connectivity index (χ1v) is 8.44. The molecule has 3 rings (SSSR count). The lowest BCUT2D eigenvalue weighted by molar-refractivity contribution is -0.120. The van der Waals surface area contributed by atoms with Crippen molar-refractivity contribution in [2.75, 3.05) is 31.6 Å². The van der Waals surface area contributed by atoms with Gasteiger partial charge in [-0.1, -0.05) is 36.4 Å². The van der Waals surface area contributed by atoms with Crippen molar-refractivity contribution in [2.45, 2.75) is 12.8 Å². The molecule has 4 heteroatoms. The molecule has 0 saturated carbocycles. The summed E-state index contributed by atoms with van der Waals surface area (Å²) in [5.74, 6) is 1.48. The Balaban J connectivity index is 1.47. The first kappa shape index (κ1) is 16.4. The van der Waals surface area contributed by atoms with Gasteiger partial charge in [-0.05, 0) is 30.0 Å². The van der Waals surface area contributed by atoms with E-state index in [0.717, 1.165) is 37.4 Å². The lowest BCUT2D eigenvalue weighted by atomic mass is 10.1. The predicted octanol–water partition coefficient (Wildman–Crippen LogP) is 2.88. The van der Waals surface area contributed by atoms with Gasteiger partial charge in [0.1, 0.15) is 5.75 Å². The fourth-order valence-electron chi connectivity index (χ4n) is 3.14. The molecule has 2 aromatic rings. The molecule has 0 aliphatic carbocycles. The maximum absolute atomic E-state index is 12.1. The smallest absolute Gasteiger partial charge is 0.224 e. The average molecular weight is 324 g/mol. The van der Waals surface area contributed by atoms with E-state index in [4.69, 9.17) is 4.74 Å². The van der Waals surface area contributed by atoms with Crippen molar-refractivity contribution in [2.24, 2.45) is 5.92 Å². The van der Waals surface area contributed by atoms with E-state index in [0.29, 0.717) is 12.3 Å². The Labute approximate surface area is 143 Å². The Morgan fingerprint density at radius 3 is 2.83 bits per heavy atom. The highest BCUT2D eigenvalue weighted by atomic mass is 16.5. The molecule has 1 aliphatic heterocycles. The van der Waals surface area contributed by atoms with E-state index in [2.05, 4.69) is 22.3 Å². The van der Waals surface area contributed by atoms with Crippen LogP contribution in [0.15, 0.2) is 54.6 Å². The SMILES string of the molecule is COc1cccc(N2CCC(CNC(=O)Cc3ccccc3)C2)c1. The number of ether oxygens (including phenoxy) is 1. The molecule has 1 heterocycles. The lowest BCUT2D eigenvalue weighted by Crippen LogP contribution is -2.32. The van der Waals surface area contributed by atoms with Gasteiger partial charge in [0.25, 0.3) is 0 Å². The highest BCUT2D eigenvalue weighted by Gasteiger charge is 2.23. The molecule has 0 radical (unpaired) electrons. The van der Waals surface area contributed by atoms with Crippen LogP contribution in [0.5, 0.6) is 5.75 Å². The number of amides is 1. The van der Waals surface area contributed by atoms with Crippen molar-refractivity contribution >= 4 is 11.6 Å². The zero-order valence-corrected chi connectivity index (χ0v) is 14.1. The number of hydrogen-bond donors (Lipinski definition) is 1. The van der Waals surface area contributed by atoms with E-state index in [1.54, 1.807) is 7.11 Å². The molecule has 4 nitrogen and oxygen atoms in total. The molecule has 1 fully saturated rings. The Kier molecular flexibility index (Phi) is 5.36. The van der Waals surface area contributed by atoms with Crippen LogP contribution in [-0.2, 0) is 11.2 Å². The molecule has 1 unspecified atom stereocenters. The molecule has 1 aliphatic rings. The number of rotatable bonds is 6. The van der Waals surface area contributed by atoms with Gasteiger partial charge in [0, 0.05) is 31.4 Å². The fraction of sp³-hybridized carbons (Fsp3) is 0.350. The summed E-state index contributed by atoms with van der Waals surface area (Å²) in [7, 11) is 1.69. The average Bonchev–Trinajstić information content (AvgIpc) is 3.10. The Morgan fingerprint density at radius 2 is 2.04 bits per heavy atom. The van der Waals surface area contributed by atoms with Crippen LogP contribution in [0.4, 0.5) is 5.69 Å². The van der Waals surface area contributed by atoms with Gasteiger partial charge in [0.05, 0.1) is 13.5 Å². The molecular weight excluding hydrogens is 300 g/mol. The number of anilines is 1. The second kappa shape index (κ2) is 7.86. The van der Waals surface area contributed by atoms with Crippen LogP contribution in [0, 0.1) is 5.92 Å². The first-order chi connectivity index (χ1) is 11.7. The van der Waals surface area contributed by atoms with E-state index in [9.17, 15) is 4.79 Å². The number of carbonyl (C=O) groups excluding carboxylic acids is 1. The maximum atomic E-state index is 12.1. The van der Waals surface area contributed by atoms with E-state index >= 15 is 0 Å². The highest BCUT2D eigenvalue weighted by molar-refractivity contribution is 5.78. The minimum atomic E-state index is 0.0982. The van der Waals surface area contributed by atoms with Gasteiger partial charge in [0.2, 0.25) is 5.91 Å². The number of nitrogens with one attached hydrogen (secondary N) is 1. The van der Waals surface area contributed by atoms with Crippen molar-refractivity contribution < 1.29 is 9.53 Å². The van der Waals surface area contributed by atoms with Crippen molar-refractivity contribution in [3.05, 3.63) is 60.2 Å². The van der Waals surface area contributed by atoms with E-state index in [1.807, 2.05) is 42.5 Å². The van der Waals surface area contributed by atoms with Crippen LogP contribution in [-0.4, -0.2) is 32.7 Å². The number of nitrogens with zero attached hydrogens (tertiary/aromatic N) is 1. The molecule has 0 aromatic heterocycles. The molecule has 1 amide bonds. The summed E-state index contributed by atoms with van der Waals surface area (Å²) in [6.07, 6.45) is 1.55. The quantitative estimate of drug-likeness (QED) is 0.888. The summed E-state index contributed by atoms with van der Waals surface area (Å²) in [5, 5.41) is 3.08. The fourth-order valence-corrected chi connectivity index (χ4v) is 3.14.